The molecule has 1 heterocycles. The molecule has 1 aliphatic heterocycles. The number of halogens is 2. The molecule has 3 aromatic rings. The molecule has 1 amide bonds. The first kappa shape index (κ1) is 44.1. The molecule has 0 radical (unpaired) electrons. The maximum atomic E-state index is 17.8. The number of alkyl halides is 2. The van der Waals surface area contributed by atoms with Gasteiger partial charge in [0, 0.05) is 35.4 Å². The number of rotatable bonds is 12. The summed E-state index contributed by atoms with van der Waals surface area (Å²) in [6.45, 7) is 5.97. The van der Waals surface area contributed by atoms with Crippen molar-refractivity contribution in [2.45, 2.75) is 101 Å². The van der Waals surface area contributed by atoms with Crippen LogP contribution in [0.3, 0.4) is 0 Å². The van der Waals surface area contributed by atoms with Crippen LogP contribution in [-0.2, 0) is 49.3 Å². The molecule has 12 nitrogen and oxygen atoms in total. The number of anilines is 1. The van der Waals surface area contributed by atoms with E-state index in [0.717, 1.165) is 28.0 Å². The molecule has 4 saturated carbocycles. The van der Waals surface area contributed by atoms with Crippen molar-refractivity contribution in [3.8, 4) is 0 Å². The first-order valence-corrected chi connectivity index (χ1v) is 22.1. The number of benzene rings is 3. The van der Waals surface area contributed by atoms with E-state index >= 15 is 8.78 Å². The molecular formula is C50H54F2N2O10. The minimum absolute atomic E-state index is 0.00271. The Hall–Kier alpha value is -5.15. The molecular weight excluding hydrogens is 827 g/mol. The molecule has 12 atom stereocenters. The number of hydrogen-bond donors (Lipinski definition) is 3. The Bertz CT molecular complexity index is 2490. The molecule has 5 fully saturated rings. The second kappa shape index (κ2) is 15.8. The lowest BCUT2D eigenvalue weighted by Crippen LogP contribution is -2.71. The Morgan fingerprint density at radius 2 is 1.62 bits per heavy atom. The molecule has 0 bridgehead atoms. The van der Waals surface area contributed by atoms with E-state index in [1.807, 2.05) is 66.7 Å². The minimum Gasteiger partial charge on any atom is -0.465 e. The molecule has 5 aliphatic carbocycles. The zero-order valence-electron chi connectivity index (χ0n) is 36.3. The summed E-state index contributed by atoms with van der Waals surface area (Å²) >= 11 is 0. The van der Waals surface area contributed by atoms with Gasteiger partial charge in [0.1, 0.15) is 6.17 Å². The third-order valence-electron chi connectivity index (χ3n) is 15.4. The summed E-state index contributed by atoms with van der Waals surface area (Å²) in [5.41, 5.74) is 1.32. The number of Topliss-reactive ketones (excluding diaryl/α,β-unsaturated/α-hetero) is 1. The van der Waals surface area contributed by atoms with Crippen molar-refractivity contribution in [2.24, 2.45) is 40.2 Å². The van der Waals surface area contributed by atoms with E-state index in [1.54, 1.807) is 20.8 Å². The Morgan fingerprint density at radius 1 is 0.922 bits per heavy atom. The fraction of sp³-hybridized carbons (Fsp3) is 0.500. The molecule has 338 valence electrons. The number of hydrogen-bond acceptors (Lipinski definition) is 11. The number of ketones is 2. The topological polar surface area (TPSA) is 181 Å². The van der Waals surface area contributed by atoms with Crippen molar-refractivity contribution in [1.82, 2.24) is 0 Å². The van der Waals surface area contributed by atoms with E-state index in [4.69, 9.17) is 24.7 Å². The Kier molecular flexibility index (Phi) is 10.9. The fourth-order valence-corrected chi connectivity index (χ4v) is 12.1. The first-order chi connectivity index (χ1) is 30.3. The third kappa shape index (κ3) is 6.94. The van der Waals surface area contributed by atoms with E-state index in [0.29, 0.717) is 12.1 Å². The lowest BCUT2D eigenvalue weighted by atomic mass is 9.44. The van der Waals surface area contributed by atoms with Crippen LogP contribution in [0.2, 0.25) is 0 Å². The number of carbonyl (C=O) groups is 5. The van der Waals surface area contributed by atoms with Crippen molar-refractivity contribution >= 4 is 45.9 Å². The third-order valence-corrected chi connectivity index (χ3v) is 15.4. The zero-order chi connectivity index (χ0) is 45.6. The van der Waals surface area contributed by atoms with Gasteiger partial charge in [0.25, 0.3) is 0 Å². The van der Waals surface area contributed by atoms with E-state index in [2.05, 4.69) is 5.32 Å². The summed E-state index contributed by atoms with van der Waals surface area (Å²) in [6, 6.07) is 20.9. The Morgan fingerprint density at radius 3 is 2.34 bits per heavy atom. The number of allylic oxidation sites excluding steroid dienone is 4. The van der Waals surface area contributed by atoms with E-state index in [1.165, 1.54) is 19.1 Å². The van der Waals surface area contributed by atoms with Crippen molar-refractivity contribution in [2.75, 3.05) is 25.1 Å². The summed E-state index contributed by atoms with van der Waals surface area (Å²) in [5, 5.41) is 16.9. The van der Waals surface area contributed by atoms with Gasteiger partial charge in [-0.2, -0.15) is 0 Å². The van der Waals surface area contributed by atoms with Gasteiger partial charge in [-0.25, -0.2) is 8.78 Å². The van der Waals surface area contributed by atoms with Crippen LogP contribution in [-0.4, -0.2) is 89.7 Å². The average molecular weight is 881 g/mol. The number of esters is 2. The predicted molar refractivity (Wildman–Crippen MR) is 230 cm³/mol. The number of ether oxygens (including phenoxy) is 4. The number of aliphatic hydroxyl groups excluding tert-OH is 1. The highest BCUT2D eigenvalue weighted by molar-refractivity contribution is 6.01. The van der Waals surface area contributed by atoms with Gasteiger partial charge in [-0.3, -0.25) is 24.0 Å². The SMILES string of the molecule is CC1(C)O[C@@H]2C[C@H]3[C@@H]4C[C@H](F)C5=CC(=O)C=C[C@]5(C)[C@@]4(F)[C@@H](O)C[C@]3(C)[C@]2(C(=O)COC(=O)C2CC2C(=O)OCCc2ccc(C(CN)C(=O)Nc3ccc4ccccc4c3)cc2)O1. The standard InChI is InChI=1S/C50H54F2N2O10/c1-46(2)63-42-23-36-37-22-39(51)38-20-32(55)15-17-47(38,3)49(37,52)40(56)24-48(36,4)50(42,64-46)41(57)26-62-45(60)34-21-33(34)44(59)61-18-16-27-9-11-29(12-10-27)35(25-53)43(58)54-31-14-13-28-7-5-6-8-30(28)19-31/h5-15,17,19-20,33-37,39-40,42,56H,16,18,21-26,53H2,1-4H3,(H,54,58)/t33?,34?,35?,36-,37-,39-,40-,42+,47-,48-,49-,50+/m0/s1. The molecule has 4 N–H and O–H groups in total. The van der Waals surface area contributed by atoms with Crippen LogP contribution < -0.4 is 11.1 Å². The number of aliphatic hydroxyl groups is 1. The lowest BCUT2D eigenvalue weighted by Gasteiger charge is -2.63. The minimum atomic E-state index is -2.36. The normalized spacial score (nSPS) is 35.8. The van der Waals surface area contributed by atoms with Gasteiger partial charge in [0.05, 0.1) is 36.6 Å². The molecule has 3 aromatic carbocycles. The fourth-order valence-electron chi connectivity index (χ4n) is 12.1. The smallest absolute Gasteiger partial charge is 0.310 e. The van der Waals surface area contributed by atoms with Crippen LogP contribution in [0.1, 0.15) is 70.4 Å². The number of nitrogens with two attached hydrogens (primary N) is 1. The molecule has 0 spiro atoms. The van der Waals surface area contributed by atoms with Crippen molar-refractivity contribution < 1.29 is 56.8 Å². The largest absolute Gasteiger partial charge is 0.465 e. The van der Waals surface area contributed by atoms with Crippen LogP contribution >= 0.6 is 0 Å². The van der Waals surface area contributed by atoms with Crippen LogP contribution in [0.15, 0.2) is 90.5 Å². The van der Waals surface area contributed by atoms with Crippen LogP contribution in [0.25, 0.3) is 10.8 Å². The highest BCUT2D eigenvalue weighted by Gasteiger charge is 2.80. The highest BCUT2D eigenvalue weighted by atomic mass is 19.1. The van der Waals surface area contributed by atoms with Gasteiger partial charge in [-0.05, 0) is 104 Å². The monoisotopic (exact) mass is 880 g/mol. The lowest BCUT2D eigenvalue weighted by molar-refractivity contribution is -0.249. The quantitative estimate of drug-likeness (QED) is 0.177. The van der Waals surface area contributed by atoms with Crippen molar-refractivity contribution in [3.05, 3.63) is 102 Å². The van der Waals surface area contributed by atoms with E-state index in [-0.39, 0.29) is 50.3 Å². The number of amides is 1. The number of fused-ring (bicyclic) bond motifs is 8. The van der Waals surface area contributed by atoms with Crippen LogP contribution in [0.4, 0.5) is 14.5 Å². The molecule has 1 saturated heterocycles. The molecule has 64 heavy (non-hydrogen) atoms. The van der Waals surface area contributed by atoms with Gasteiger partial charge in [0.2, 0.25) is 11.7 Å². The van der Waals surface area contributed by atoms with Gasteiger partial charge in [-0.15, -0.1) is 0 Å². The predicted octanol–water partition coefficient (Wildman–Crippen LogP) is 6.17. The number of nitrogens with one attached hydrogen (secondary N) is 1. The second-order valence-electron chi connectivity index (χ2n) is 19.4. The summed E-state index contributed by atoms with van der Waals surface area (Å²) in [7, 11) is 0. The van der Waals surface area contributed by atoms with Gasteiger partial charge in [0.15, 0.2) is 29.4 Å². The van der Waals surface area contributed by atoms with Gasteiger partial charge >= 0.3 is 11.9 Å². The Balaban J connectivity index is 0.791. The van der Waals surface area contributed by atoms with E-state index in [9.17, 15) is 29.1 Å². The summed E-state index contributed by atoms with van der Waals surface area (Å²) < 4.78 is 57.6. The van der Waals surface area contributed by atoms with Crippen LogP contribution in [0, 0.1) is 34.5 Å². The molecule has 3 unspecified atom stereocenters. The molecule has 9 rings (SSSR count). The highest BCUT2D eigenvalue weighted by Crippen LogP contribution is 2.72. The van der Waals surface area contributed by atoms with Crippen molar-refractivity contribution in [1.29, 1.82) is 0 Å². The zero-order valence-corrected chi connectivity index (χ0v) is 36.3. The average Bonchev–Trinajstić information content (AvgIpc) is 3.97. The number of carbonyl (C=O) groups excluding carboxylic acids is 5. The van der Waals surface area contributed by atoms with Gasteiger partial charge < -0.3 is 35.1 Å². The second-order valence-corrected chi connectivity index (χ2v) is 19.4. The first-order valence-electron chi connectivity index (χ1n) is 22.1. The molecule has 14 heteroatoms. The van der Waals surface area contributed by atoms with Crippen LogP contribution in [0.5, 0.6) is 0 Å². The van der Waals surface area contributed by atoms with Gasteiger partial charge in [-0.1, -0.05) is 67.6 Å². The maximum Gasteiger partial charge on any atom is 0.310 e. The van der Waals surface area contributed by atoms with E-state index < -0.39 is 106 Å². The van der Waals surface area contributed by atoms with Crippen molar-refractivity contribution in [3.63, 3.8) is 0 Å². The Labute approximate surface area is 369 Å². The maximum absolute atomic E-state index is 17.8. The summed E-state index contributed by atoms with van der Waals surface area (Å²) in [6.07, 6.45) is -0.374. The summed E-state index contributed by atoms with van der Waals surface area (Å²) in [4.78, 5) is 66.2. The molecule has 0 aromatic heterocycles. The summed E-state index contributed by atoms with van der Waals surface area (Å²) in [5.74, 6) is -7.74. The molecule has 6 aliphatic rings.